The highest BCUT2D eigenvalue weighted by atomic mass is 16.5. The number of nitrogens with one attached hydrogen (secondary N) is 1. The van der Waals surface area contributed by atoms with Gasteiger partial charge in [-0.1, -0.05) is 60.7 Å². The zero-order chi connectivity index (χ0) is 25.9. The van der Waals surface area contributed by atoms with E-state index >= 15 is 0 Å². The third kappa shape index (κ3) is 5.89. The first kappa shape index (κ1) is 25.5. The molecule has 1 N–H and O–H groups in total. The summed E-state index contributed by atoms with van der Waals surface area (Å²) in [5.74, 6) is 0.430. The minimum absolute atomic E-state index is 0.0341. The second kappa shape index (κ2) is 10.7. The number of hydrogen-bond acceptors (Lipinski definition) is 4. The quantitative estimate of drug-likeness (QED) is 0.491. The first-order valence-corrected chi connectivity index (χ1v) is 13.7. The van der Waals surface area contributed by atoms with Crippen molar-refractivity contribution in [3.05, 3.63) is 71.8 Å². The molecule has 6 heteroatoms. The number of amides is 2. The molecule has 2 aromatic carbocycles. The molecule has 2 aromatic rings. The maximum Gasteiger partial charge on any atom is 0.312 e. The molecular formula is C31H38N2O4. The number of carbonyl (C=O) groups is 3. The summed E-state index contributed by atoms with van der Waals surface area (Å²) in [4.78, 5) is 40.6. The van der Waals surface area contributed by atoms with Crippen molar-refractivity contribution in [2.75, 3.05) is 19.7 Å². The number of carbonyl (C=O) groups excluding carboxylic acids is 3. The Bertz CT molecular complexity index is 1060. The summed E-state index contributed by atoms with van der Waals surface area (Å²) in [6, 6.07) is 20.3. The van der Waals surface area contributed by atoms with E-state index in [1.165, 1.54) is 11.1 Å². The topological polar surface area (TPSA) is 75.7 Å². The zero-order valence-corrected chi connectivity index (χ0v) is 21.8. The summed E-state index contributed by atoms with van der Waals surface area (Å²) in [5, 5.41) is 3.19. The van der Waals surface area contributed by atoms with E-state index in [4.69, 9.17) is 4.74 Å². The van der Waals surface area contributed by atoms with Crippen molar-refractivity contribution in [3.63, 3.8) is 0 Å². The van der Waals surface area contributed by atoms with Gasteiger partial charge in [-0.15, -0.1) is 0 Å². The van der Waals surface area contributed by atoms with Crippen LogP contribution in [0.1, 0.15) is 56.6 Å². The molecule has 4 aliphatic rings. The van der Waals surface area contributed by atoms with Crippen LogP contribution in [0.25, 0.3) is 0 Å². The normalized spacial score (nSPS) is 27.5. The Kier molecular flexibility index (Phi) is 7.36. The fourth-order valence-electron chi connectivity index (χ4n) is 7.57. The summed E-state index contributed by atoms with van der Waals surface area (Å²) in [7, 11) is 0. The lowest BCUT2D eigenvalue weighted by Gasteiger charge is -2.60. The highest BCUT2D eigenvalue weighted by molar-refractivity contribution is 5.83. The number of rotatable bonds is 10. The number of hydrogen-bond donors (Lipinski definition) is 1. The van der Waals surface area contributed by atoms with E-state index in [1.807, 2.05) is 41.3 Å². The smallest absolute Gasteiger partial charge is 0.312 e. The van der Waals surface area contributed by atoms with E-state index in [0.717, 1.165) is 44.9 Å². The second-order valence-corrected chi connectivity index (χ2v) is 11.6. The van der Waals surface area contributed by atoms with Gasteiger partial charge in [-0.05, 0) is 74.3 Å². The van der Waals surface area contributed by atoms with Crippen molar-refractivity contribution in [3.8, 4) is 0 Å². The molecule has 4 fully saturated rings. The molecule has 0 heterocycles. The molecule has 2 amide bonds. The van der Waals surface area contributed by atoms with E-state index in [-0.39, 0.29) is 29.9 Å². The highest BCUT2D eigenvalue weighted by Crippen LogP contribution is 2.62. The van der Waals surface area contributed by atoms with Crippen molar-refractivity contribution in [1.29, 1.82) is 0 Å². The highest BCUT2D eigenvalue weighted by Gasteiger charge is 2.61. The average Bonchev–Trinajstić information content (AvgIpc) is 2.86. The zero-order valence-electron chi connectivity index (χ0n) is 21.8. The lowest BCUT2D eigenvalue weighted by atomic mass is 9.47. The maximum absolute atomic E-state index is 13.5. The summed E-state index contributed by atoms with van der Waals surface area (Å²) < 4.78 is 5.78. The van der Waals surface area contributed by atoms with Crippen LogP contribution in [0.3, 0.4) is 0 Å². The standard InChI is InChI=1S/C31H38N2O4/c1-23(34)32-31-19-26-16-27(20-31)18-30(17-26,22-31)29(36)37-21-28(35)33(14-12-24-8-4-2-5-9-24)15-13-25-10-6-3-7-11-25/h2-11,26-27H,12-22H2,1H3,(H,32,34). The number of ether oxygens (including phenoxy) is 1. The van der Waals surface area contributed by atoms with Crippen LogP contribution in [0.4, 0.5) is 0 Å². The van der Waals surface area contributed by atoms with Gasteiger partial charge in [0.05, 0.1) is 5.41 Å². The van der Waals surface area contributed by atoms with Gasteiger partial charge in [0.1, 0.15) is 0 Å². The van der Waals surface area contributed by atoms with E-state index in [9.17, 15) is 14.4 Å². The Hall–Kier alpha value is -3.15. The Labute approximate surface area is 219 Å². The molecule has 0 saturated heterocycles. The van der Waals surface area contributed by atoms with E-state index < -0.39 is 5.41 Å². The first-order valence-electron chi connectivity index (χ1n) is 13.7. The molecule has 2 atom stereocenters. The minimum Gasteiger partial charge on any atom is -0.455 e. The summed E-state index contributed by atoms with van der Waals surface area (Å²) in [6.45, 7) is 2.48. The second-order valence-electron chi connectivity index (χ2n) is 11.6. The van der Waals surface area contributed by atoms with Crippen molar-refractivity contribution in [2.24, 2.45) is 17.3 Å². The molecule has 4 saturated carbocycles. The number of esters is 1. The predicted molar refractivity (Wildman–Crippen MR) is 141 cm³/mol. The van der Waals surface area contributed by atoms with Crippen molar-refractivity contribution < 1.29 is 19.1 Å². The van der Waals surface area contributed by atoms with Gasteiger partial charge in [-0.3, -0.25) is 14.4 Å². The molecule has 196 valence electrons. The summed E-state index contributed by atoms with van der Waals surface area (Å²) >= 11 is 0. The van der Waals surface area contributed by atoms with Gasteiger partial charge >= 0.3 is 5.97 Å². The van der Waals surface area contributed by atoms with Gasteiger partial charge in [-0.2, -0.15) is 0 Å². The fourth-order valence-corrected chi connectivity index (χ4v) is 7.57. The lowest BCUT2D eigenvalue weighted by molar-refractivity contribution is -0.178. The third-order valence-electron chi connectivity index (χ3n) is 8.64. The molecule has 0 spiro atoms. The molecule has 37 heavy (non-hydrogen) atoms. The lowest BCUT2D eigenvalue weighted by Crippen LogP contribution is -2.64. The van der Waals surface area contributed by atoms with Crippen LogP contribution in [-0.4, -0.2) is 47.9 Å². The van der Waals surface area contributed by atoms with E-state index in [2.05, 4.69) is 29.6 Å². The first-order chi connectivity index (χ1) is 17.8. The van der Waals surface area contributed by atoms with Gasteiger partial charge in [0.25, 0.3) is 5.91 Å². The van der Waals surface area contributed by atoms with Gasteiger partial charge in [0.15, 0.2) is 6.61 Å². The van der Waals surface area contributed by atoms with Crippen LogP contribution >= 0.6 is 0 Å². The van der Waals surface area contributed by atoms with Crippen LogP contribution in [0.5, 0.6) is 0 Å². The third-order valence-corrected chi connectivity index (χ3v) is 8.64. The Morgan fingerprint density at radius 3 is 1.92 bits per heavy atom. The van der Waals surface area contributed by atoms with E-state index in [0.29, 0.717) is 31.3 Å². The number of benzene rings is 2. The van der Waals surface area contributed by atoms with Crippen LogP contribution in [0.2, 0.25) is 0 Å². The maximum atomic E-state index is 13.5. The van der Waals surface area contributed by atoms with Crippen LogP contribution in [-0.2, 0) is 32.0 Å². The van der Waals surface area contributed by atoms with Gasteiger partial charge in [0, 0.05) is 25.6 Å². The molecular weight excluding hydrogens is 464 g/mol. The molecule has 0 radical (unpaired) electrons. The van der Waals surface area contributed by atoms with Crippen molar-refractivity contribution in [2.45, 2.75) is 63.8 Å². The molecule has 2 unspecified atom stereocenters. The Morgan fingerprint density at radius 1 is 0.865 bits per heavy atom. The van der Waals surface area contributed by atoms with Gasteiger partial charge in [-0.25, -0.2) is 0 Å². The molecule has 0 aliphatic heterocycles. The SMILES string of the molecule is CC(=O)NC12CC3CC(C1)CC(C(=O)OCC(=O)N(CCc1ccccc1)CCc1ccccc1)(C3)C2. The van der Waals surface area contributed by atoms with Crippen LogP contribution in [0.15, 0.2) is 60.7 Å². The van der Waals surface area contributed by atoms with E-state index in [1.54, 1.807) is 6.92 Å². The fraction of sp³-hybridized carbons (Fsp3) is 0.516. The monoisotopic (exact) mass is 502 g/mol. The minimum atomic E-state index is -0.578. The molecule has 4 aliphatic carbocycles. The van der Waals surface area contributed by atoms with Crippen molar-refractivity contribution in [1.82, 2.24) is 10.2 Å². The summed E-state index contributed by atoms with van der Waals surface area (Å²) in [5.41, 5.74) is 1.48. The Morgan fingerprint density at radius 2 is 1.41 bits per heavy atom. The van der Waals surface area contributed by atoms with Gasteiger partial charge in [0.2, 0.25) is 5.91 Å². The Balaban J connectivity index is 1.23. The predicted octanol–water partition coefficient (Wildman–Crippen LogP) is 4.32. The molecule has 0 aromatic heterocycles. The summed E-state index contributed by atoms with van der Waals surface area (Å²) in [6.07, 6.45) is 6.78. The van der Waals surface area contributed by atoms with Crippen LogP contribution < -0.4 is 5.32 Å². The average molecular weight is 503 g/mol. The number of nitrogens with zero attached hydrogens (tertiary/aromatic N) is 1. The van der Waals surface area contributed by atoms with Crippen LogP contribution in [0, 0.1) is 17.3 Å². The molecule has 6 nitrogen and oxygen atoms in total. The molecule has 6 rings (SSSR count). The molecule has 4 bridgehead atoms. The van der Waals surface area contributed by atoms with Crippen molar-refractivity contribution >= 4 is 17.8 Å². The largest absolute Gasteiger partial charge is 0.455 e. The van der Waals surface area contributed by atoms with Gasteiger partial charge < -0.3 is 15.0 Å².